The number of benzene rings is 1. The van der Waals surface area contributed by atoms with Gasteiger partial charge in [-0.05, 0) is 37.1 Å². The lowest BCUT2D eigenvalue weighted by atomic mass is 10.0. The van der Waals surface area contributed by atoms with Crippen molar-refractivity contribution in [2.75, 3.05) is 7.11 Å². The van der Waals surface area contributed by atoms with Crippen LogP contribution in [-0.2, 0) is 5.88 Å². The summed E-state index contributed by atoms with van der Waals surface area (Å²) in [6.45, 7) is 4.10. The third kappa shape index (κ3) is 2.29. The van der Waals surface area contributed by atoms with E-state index in [0.717, 1.165) is 17.0 Å². The van der Waals surface area contributed by atoms with Crippen molar-refractivity contribution in [3.63, 3.8) is 0 Å². The van der Waals surface area contributed by atoms with Crippen LogP contribution >= 0.6 is 11.6 Å². The zero-order valence-corrected chi connectivity index (χ0v) is 10.8. The molecule has 0 amide bonds. The average Bonchev–Trinajstić information content (AvgIpc) is 2.80. The molecule has 0 N–H and O–H groups in total. The van der Waals surface area contributed by atoms with Crippen LogP contribution < -0.4 is 4.74 Å². The van der Waals surface area contributed by atoms with Gasteiger partial charge in [-0.2, -0.15) is 0 Å². The summed E-state index contributed by atoms with van der Waals surface area (Å²) in [4.78, 5) is 0. The van der Waals surface area contributed by atoms with E-state index in [2.05, 4.69) is 12.1 Å². The average molecular weight is 252 g/mol. The van der Waals surface area contributed by atoms with Crippen LogP contribution in [0, 0.1) is 13.8 Å². The second-order valence-corrected chi connectivity index (χ2v) is 4.22. The van der Waals surface area contributed by atoms with Crippen molar-refractivity contribution in [1.29, 1.82) is 0 Å². The van der Waals surface area contributed by atoms with Crippen LogP contribution in [0.25, 0.3) is 11.3 Å². The van der Waals surface area contributed by atoms with E-state index in [4.69, 9.17) is 20.9 Å². The van der Waals surface area contributed by atoms with Gasteiger partial charge in [-0.3, -0.25) is 0 Å². The lowest BCUT2D eigenvalue weighted by Gasteiger charge is -2.09. The van der Waals surface area contributed by atoms with E-state index in [9.17, 15) is 0 Å². The molecule has 0 aliphatic rings. The molecule has 2 aromatic rings. The van der Waals surface area contributed by atoms with Crippen molar-refractivity contribution in [1.82, 2.24) is 5.16 Å². The maximum Gasteiger partial charge on any atom is 0.170 e. The molecular formula is C13H14ClNO2. The Bertz CT molecular complexity index is 534. The minimum Gasteiger partial charge on any atom is -0.496 e. The first kappa shape index (κ1) is 12.0. The highest BCUT2D eigenvalue weighted by Gasteiger charge is 2.13. The fourth-order valence-electron chi connectivity index (χ4n) is 1.65. The number of hydrogen-bond acceptors (Lipinski definition) is 3. The van der Waals surface area contributed by atoms with Crippen LogP contribution in [-0.4, -0.2) is 12.3 Å². The molecule has 0 atom stereocenters. The molecule has 0 saturated carbocycles. The topological polar surface area (TPSA) is 35.3 Å². The third-order valence-corrected chi connectivity index (χ3v) is 3.05. The quantitative estimate of drug-likeness (QED) is 0.780. The number of halogens is 1. The van der Waals surface area contributed by atoms with E-state index in [1.807, 2.05) is 25.1 Å². The molecular weight excluding hydrogens is 238 g/mol. The van der Waals surface area contributed by atoms with Crippen molar-refractivity contribution in [2.45, 2.75) is 19.7 Å². The van der Waals surface area contributed by atoms with Crippen LogP contribution in [0.15, 0.2) is 22.7 Å². The van der Waals surface area contributed by atoms with E-state index in [1.54, 1.807) is 7.11 Å². The molecule has 4 heteroatoms. The number of alkyl halides is 1. The summed E-state index contributed by atoms with van der Waals surface area (Å²) in [5, 5.41) is 3.88. The van der Waals surface area contributed by atoms with Gasteiger partial charge in [-0.25, -0.2) is 0 Å². The maximum atomic E-state index is 5.70. The second kappa shape index (κ2) is 4.80. The van der Waals surface area contributed by atoms with Crippen LogP contribution in [0.3, 0.4) is 0 Å². The highest BCUT2D eigenvalue weighted by Crippen LogP contribution is 2.33. The van der Waals surface area contributed by atoms with Gasteiger partial charge in [0.15, 0.2) is 5.76 Å². The van der Waals surface area contributed by atoms with Crippen molar-refractivity contribution in [2.24, 2.45) is 0 Å². The van der Waals surface area contributed by atoms with Gasteiger partial charge in [0.05, 0.1) is 24.2 Å². The molecule has 90 valence electrons. The SMILES string of the molecule is COc1cc(C)c(C)cc1-c1cc(CCl)no1. The zero-order chi connectivity index (χ0) is 12.4. The third-order valence-electron chi connectivity index (χ3n) is 2.78. The summed E-state index contributed by atoms with van der Waals surface area (Å²) < 4.78 is 10.6. The molecule has 1 aromatic heterocycles. The minimum atomic E-state index is 0.344. The maximum absolute atomic E-state index is 5.70. The van der Waals surface area contributed by atoms with E-state index in [0.29, 0.717) is 11.6 Å². The van der Waals surface area contributed by atoms with Crippen LogP contribution in [0.1, 0.15) is 16.8 Å². The highest BCUT2D eigenvalue weighted by molar-refractivity contribution is 6.16. The first-order valence-electron chi connectivity index (χ1n) is 5.33. The molecule has 0 aliphatic heterocycles. The number of hydrogen-bond donors (Lipinski definition) is 0. The number of aryl methyl sites for hydroxylation is 2. The number of nitrogens with zero attached hydrogens (tertiary/aromatic N) is 1. The van der Waals surface area contributed by atoms with E-state index >= 15 is 0 Å². The number of aromatic nitrogens is 1. The molecule has 0 saturated heterocycles. The van der Waals surface area contributed by atoms with Crippen molar-refractivity contribution in [3.8, 4) is 17.1 Å². The van der Waals surface area contributed by atoms with Gasteiger partial charge in [0.1, 0.15) is 5.75 Å². The summed E-state index contributed by atoms with van der Waals surface area (Å²) >= 11 is 5.70. The van der Waals surface area contributed by atoms with Gasteiger partial charge in [0.2, 0.25) is 0 Å². The molecule has 0 bridgehead atoms. The predicted octanol–water partition coefficient (Wildman–Crippen LogP) is 3.71. The monoisotopic (exact) mass is 251 g/mol. The molecule has 0 fully saturated rings. The zero-order valence-electron chi connectivity index (χ0n) is 10.1. The van der Waals surface area contributed by atoms with E-state index in [-0.39, 0.29) is 0 Å². The molecule has 1 heterocycles. The molecule has 0 aliphatic carbocycles. The van der Waals surface area contributed by atoms with Gasteiger partial charge >= 0.3 is 0 Å². The highest BCUT2D eigenvalue weighted by atomic mass is 35.5. The summed E-state index contributed by atoms with van der Waals surface area (Å²) in [6.07, 6.45) is 0. The number of ether oxygens (including phenoxy) is 1. The fourth-order valence-corrected chi connectivity index (χ4v) is 1.78. The van der Waals surface area contributed by atoms with Crippen LogP contribution in [0.2, 0.25) is 0 Å². The van der Waals surface area contributed by atoms with E-state index in [1.165, 1.54) is 11.1 Å². The normalized spacial score (nSPS) is 10.6. The van der Waals surface area contributed by atoms with Crippen molar-refractivity contribution >= 4 is 11.6 Å². The predicted molar refractivity (Wildman–Crippen MR) is 67.5 cm³/mol. The largest absolute Gasteiger partial charge is 0.496 e. The minimum absolute atomic E-state index is 0.344. The van der Waals surface area contributed by atoms with Gasteiger partial charge in [0.25, 0.3) is 0 Å². The second-order valence-electron chi connectivity index (χ2n) is 3.95. The molecule has 3 nitrogen and oxygen atoms in total. The molecule has 17 heavy (non-hydrogen) atoms. The van der Waals surface area contributed by atoms with Crippen molar-refractivity contribution in [3.05, 3.63) is 35.0 Å². The molecule has 2 rings (SSSR count). The van der Waals surface area contributed by atoms with Gasteiger partial charge in [-0.1, -0.05) is 5.16 Å². The van der Waals surface area contributed by atoms with Crippen LogP contribution in [0.5, 0.6) is 5.75 Å². The summed E-state index contributed by atoms with van der Waals surface area (Å²) in [6, 6.07) is 5.86. The molecule has 0 unspecified atom stereocenters. The van der Waals surface area contributed by atoms with Crippen molar-refractivity contribution < 1.29 is 9.26 Å². The summed E-state index contributed by atoms with van der Waals surface area (Å²) in [7, 11) is 1.65. The van der Waals surface area contributed by atoms with E-state index < -0.39 is 0 Å². The smallest absolute Gasteiger partial charge is 0.170 e. The lowest BCUT2D eigenvalue weighted by molar-refractivity contribution is 0.404. The number of rotatable bonds is 3. The molecule has 0 spiro atoms. The standard InChI is InChI=1S/C13H14ClNO2/c1-8-4-11(12(16-3)5-9(8)2)13-6-10(7-14)15-17-13/h4-6H,7H2,1-3H3. The molecule has 1 aromatic carbocycles. The number of methoxy groups -OCH3 is 1. The first-order chi connectivity index (χ1) is 8.15. The van der Waals surface area contributed by atoms with Gasteiger partial charge < -0.3 is 9.26 Å². The Hall–Kier alpha value is -1.48. The Morgan fingerprint density at radius 3 is 2.53 bits per heavy atom. The Kier molecular flexibility index (Phi) is 3.38. The summed E-state index contributed by atoms with van der Waals surface area (Å²) in [5.41, 5.74) is 3.99. The lowest BCUT2D eigenvalue weighted by Crippen LogP contribution is -1.90. The fraction of sp³-hybridized carbons (Fsp3) is 0.308. The van der Waals surface area contributed by atoms with Gasteiger partial charge in [-0.15, -0.1) is 11.6 Å². The molecule has 0 radical (unpaired) electrons. The Morgan fingerprint density at radius 2 is 1.94 bits per heavy atom. The Labute approximate surface area is 105 Å². The van der Waals surface area contributed by atoms with Crippen LogP contribution in [0.4, 0.5) is 0 Å². The van der Waals surface area contributed by atoms with Gasteiger partial charge in [0, 0.05) is 6.07 Å². The Balaban J connectivity index is 2.53. The first-order valence-corrected chi connectivity index (χ1v) is 5.86. The Morgan fingerprint density at radius 1 is 1.24 bits per heavy atom. The summed E-state index contributed by atoms with van der Waals surface area (Å²) in [5.74, 6) is 1.81.